The van der Waals surface area contributed by atoms with E-state index in [9.17, 15) is 0 Å². The Hall–Kier alpha value is -5.93. The number of aromatic nitrogens is 1. The number of fused-ring (bicyclic) bond motifs is 12. The van der Waals surface area contributed by atoms with Gasteiger partial charge in [0.15, 0.2) is 0 Å². The van der Waals surface area contributed by atoms with Crippen LogP contribution in [0.1, 0.15) is 126 Å². The van der Waals surface area contributed by atoms with E-state index in [1.165, 1.54) is 122 Å². The second-order valence-electron chi connectivity index (χ2n) is 25.5. The molecule has 334 valence electrons. The van der Waals surface area contributed by atoms with E-state index in [-0.39, 0.29) is 40.8 Å². The van der Waals surface area contributed by atoms with Crippen LogP contribution >= 0.6 is 0 Å². The molecule has 7 aromatic carbocycles. The summed E-state index contributed by atoms with van der Waals surface area (Å²) >= 11 is 0. The van der Waals surface area contributed by atoms with Crippen molar-refractivity contribution in [3.63, 3.8) is 0 Å². The molecule has 0 saturated carbocycles. The van der Waals surface area contributed by atoms with Crippen molar-refractivity contribution >= 4 is 91.1 Å². The first kappa shape index (κ1) is 42.4. The fourth-order valence-electron chi connectivity index (χ4n) is 12.3. The highest BCUT2D eigenvalue weighted by atomic mass is 15.2. The number of hydrogen-bond acceptors (Lipinski definition) is 2. The van der Waals surface area contributed by atoms with E-state index in [1.54, 1.807) is 0 Å². The molecule has 5 heteroatoms. The normalized spacial score (nSPS) is 15.0. The van der Waals surface area contributed by atoms with Gasteiger partial charge in [-0.1, -0.05) is 168 Å². The van der Waals surface area contributed by atoms with Crippen LogP contribution in [0.5, 0.6) is 0 Å². The van der Waals surface area contributed by atoms with Crippen LogP contribution in [0.4, 0.5) is 28.4 Å². The number of para-hydroxylation sites is 1. The van der Waals surface area contributed by atoms with Crippen LogP contribution in [-0.2, 0) is 27.2 Å². The summed E-state index contributed by atoms with van der Waals surface area (Å²) in [6, 6.07) is 48.8. The number of anilines is 5. The molecule has 0 radical (unpaired) electrons. The summed E-state index contributed by atoms with van der Waals surface area (Å²) in [5, 5.41) is 2.63. The van der Waals surface area contributed by atoms with E-state index < -0.39 is 0 Å². The van der Waals surface area contributed by atoms with Crippen LogP contribution < -0.4 is 37.0 Å². The Labute approximate surface area is 400 Å². The summed E-state index contributed by atoms with van der Waals surface area (Å²) < 4.78 is 2.59. The molecule has 0 N–H and O–H groups in total. The molecule has 1 aromatic heterocycles. The third kappa shape index (κ3) is 5.98. The van der Waals surface area contributed by atoms with E-state index in [2.05, 4.69) is 239 Å². The van der Waals surface area contributed by atoms with Gasteiger partial charge in [0.2, 0.25) is 0 Å². The van der Waals surface area contributed by atoms with E-state index in [0.717, 1.165) is 0 Å². The van der Waals surface area contributed by atoms with Crippen molar-refractivity contribution in [3.8, 4) is 22.3 Å². The fraction of sp³-hybridized carbons (Fsp3) is 0.323. The molecule has 0 bridgehead atoms. The van der Waals surface area contributed by atoms with Crippen LogP contribution in [0.3, 0.4) is 0 Å². The Bertz CT molecular complexity index is 3440. The molecule has 0 atom stereocenters. The van der Waals surface area contributed by atoms with Gasteiger partial charge < -0.3 is 14.3 Å². The third-order valence-electron chi connectivity index (χ3n) is 15.8. The molecule has 12 rings (SSSR count). The number of benzene rings is 7. The van der Waals surface area contributed by atoms with E-state index >= 15 is 0 Å². The van der Waals surface area contributed by atoms with Crippen LogP contribution in [0.2, 0.25) is 0 Å². The second-order valence-corrected chi connectivity index (χ2v) is 25.5. The summed E-state index contributed by atoms with van der Waals surface area (Å²) in [5.74, 6) is 0. The predicted octanol–water partition coefficient (Wildman–Crippen LogP) is 13.3. The van der Waals surface area contributed by atoms with Gasteiger partial charge in [0, 0.05) is 61.4 Å². The molecule has 3 nitrogen and oxygen atoms in total. The first-order valence-corrected chi connectivity index (χ1v) is 24.8. The van der Waals surface area contributed by atoms with Crippen LogP contribution in [-0.4, -0.2) is 18.1 Å². The van der Waals surface area contributed by atoms with Gasteiger partial charge in [-0.15, -0.1) is 0 Å². The molecule has 8 aromatic rings. The zero-order chi connectivity index (χ0) is 47.2. The second kappa shape index (κ2) is 13.4. The van der Waals surface area contributed by atoms with Gasteiger partial charge in [0.1, 0.15) is 0 Å². The van der Waals surface area contributed by atoms with Crippen molar-refractivity contribution in [1.82, 2.24) is 4.57 Å². The quantitative estimate of drug-likeness (QED) is 0.152. The van der Waals surface area contributed by atoms with Crippen molar-refractivity contribution in [1.29, 1.82) is 0 Å². The zero-order valence-corrected chi connectivity index (χ0v) is 42.5. The average molecular weight is 874 g/mol. The summed E-state index contributed by atoms with van der Waals surface area (Å²) in [7, 11) is 0. The van der Waals surface area contributed by atoms with E-state index in [0.29, 0.717) is 0 Å². The summed E-state index contributed by atoms with van der Waals surface area (Å²) in [6.45, 7) is 35.4. The Morgan fingerprint density at radius 2 is 0.940 bits per heavy atom. The fourth-order valence-corrected chi connectivity index (χ4v) is 12.3. The van der Waals surface area contributed by atoms with Crippen molar-refractivity contribution in [3.05, 3.63) is 144 Å². The molecular weight excluding hydrogens is 808 g/mol. The molecule has 0 fully saturated rings. The third-order valence-corrected chi connectivity index (χ3v) is 15.8. The first-order chi connectivity index (χ1) is 31.4. The maximum absolute atomic E-state index is 2.83. The maximum atomic E-state index is 2.83. The van der Waals surface area contributed by atoms with E-state index in [4.69, 9.17) is 0 Å². The van der Waals surface area contributed by atoms with Gasteiger partial charge in [-0.25, -0.2) is 0 Å². The molecule has 4 aliphatic rings. The lowest BCUT2D eigenvalue weighted by molar-refractivity contribution is 0.423. The molecule has 0 aliphatic carbocycles. The summed E-state index contributed by atoms with van der Waals surface area (Å²) in [5.41, 5.74) is 26.8. The summed E-state index contributed by atoms with van der Waals surface area (Å²) in [4.78, 5) is 5.46. The Morgan fingerprint density at radius 3 is 1.54 bits per heavy atom. The topological polar surface area (TPSA) is 11.4 Å². The Morgan fingerprint density at radius 1 is 0.388 bits per heavy atom. The molecule has 67 heavy (non-hydrogen) atoms. The van der Waals surface area contributed by atoms with Crippen molar-refractivity contribution in [2.24, 2.45) is 0 Å². The predicted molar refractivity (Wildman–Crippen MR) is 293 cm³/mol. The van der Waals surface area contributed by atoms with Gasteiger partial charge >= 0.3 is 6.85 Å². The average Bonchev–Trinajstić information content (AvgIpc) is 3.59. The Balaban J connectivity index is 1.27. The molecular formula is C62H65B2N3. The van der Waals surface area contributed by atoms with Gasteiger partial charge in [-0.3, -0.25) is 0 Å². The van der Waals surface area contributed by atoms with Crippen molar-refractivity contribution in [2.75, 3.05) is 9.71 Å². The van der Waals surface area contributed by atoms with Crippen LogP contribution in [0.25, 0.3) is 44.1 Å². The molecule has 0 unspecified atom stereocenters. The molecule has 0 amide bonds. The SMILES string of the molecule is CC(C)(C)c1ccc(N2c3cc4c(cc3B3c5cc(C(C)(C)C)cc6c5N5B(c7cc(C(C)(C)C)ccc7-6)c6cc(C(C)(C)C)ccc6-c6ccc2c3c65)c2ccccc2n4C(C)(C)C)cc1. The molecule has 4 aliphatic heterocycles. The van der Waals surface area contributed by atoms with Crippen LogP contribution in [0.15, 0.2) is 121 Å². The largest absolute Gasteiger partial charge is 0.377 e. The standard InChI is InChI=1S/C62H65B2N3/c1-58(2,3)36-20-24-40(25-21-36)65-52-29-28-44-41-26-22-37(59(4,5)6)31-47(41)64-48-32-38(60(7,8)9)23-27-42(48)46-30-39(61(10,11)12)33-50-56(46)67(64)57(44)55(52)63(50)49-34-45-43-18-16-17-19-51(43)66(62(13,14)15)53(45)35-54(49)65/h16-35H,1-15H3. The smallest absolute Gasteiger partial charge is 0.329 e. The summed E-state index contributed by atoms with van der Waals surface area (Å²) in [6.07, 6.45) is 0. The highest BCUT2D eigenvalue weighted by Gasteiger charge is 2.53. The minimum Gasteiger partial charge on any atom is -0.377 e. The highest BCUT2D eigenvalue weighted by Crippen LogP contribution is 2.53. The van der Waals surface area contributed by atoms with Gasteiger partial charge in [0.05, 0.1) is 5.52 Å². The Kier molecular flexibility index (Phi) is 8.48. The number of hydrogen-bond donors (Lipinski definition) is 0. The maximum Gasteiger partial charge on any atom is 0.329 e. The van der Waals surface area contributed by atoms with Crippen molar-refractivity contribution in [2.45, 2.75) is 131 Å². The molecule has 5 heterocycles. The van der Waals surface area contributed by atoms with Crippen molar-refractivity contribution < 1.29 is 0 Å². The minimum absolute atomic E-state index is 0.00177. The first-order valence-electron chi connectivity index (χ1n) is 24.8. The monoisotopic (exact) mass is 874 g/mol. The van der Waals surface area contributed by atoms with Gasteiger partial charge in [-0.05, 0) is 140 Å². The lowest BCUT2D eigenvalue weighted by Gasteiger charge is -2.52. The van der Waals surface area contributed by atoms with Gasteiger partial charge in [0.25, 0.3) is 6.71 Å². The zero-order valence-electron chi connectivity index (χ0n) is 42.5. The lowest BCUT2D eigenvalue weighted by Crippen LogP contribution is -2.69. The van der Waals surface area contributed by atoms with Gasteiger partial charge in [-0.2, -0.15) is 0 Å². The molecule has 0 saturated heterocycles. The van der Waals surface area contributed by atoms with E-state index in [1.807, 2.05) is 0 Å². The number of rotatable bonds is 1. The lowest BCUT2D eigenvalue weighted by atomic mass is 9.30. The minimum atomic E-state index is -0.138. The van der Waals surface area contributed by atoms with Crippen LogP contribution in [0, 0.1) is 0 Å². The number of nitrogens with zero attached hydrogens (tertiary/aromatic N) is 3. The molecule has 0 spiro atoms. The highest BCUT2D eigenvalue weighted by molar-refractivity contribution is 7.03.